The van der Waals surface area contributed by atoms with Gasteiger partial charge in [0.15, 0.2) is 0 Å². The topological polar surface area (TPSA) is 46.5 Å². The third kappa shape index (κ3) is 1.57. The first kappa shape index (κ1) is 7.28. The van der Waals surface area contributed by atoms with E-state index in [4.69, 9.17) is 9.84 Å². The quantitative estimate of drug-likeness (QED) is 0.576. The number of hydrogen-bond acceptors (Lipinski definition) is 2. The summed E-state index contributed by atoms with van der Waals surface area (Å²) in [6.45, 7) is 2.94. The first-order chi connectivity index (χ1) is 4.70. The van der Waals surface area contributed by atoms with Crippen molar-refractivity contribution in [1.29, 1.82) is 0 Å². The minimum Gasteiger partial charge on any atom is -0.478 e. The number of rotatable bonds is 2. The van der Waals surface area contributed by atoms with Crippen molar-refractivity contribution in [2.75, 3.05) is 13.2 Å². The molecule has 56 valence electrons. The molecular formula is C7H10O3. The van der Waals surface area contributed by atoms with Crippen molar-refractivity contribution in [3.63, 3.8) is 0 Å². The van der Waals surface area contributed by atoms with Crippen LogP contribution in [0.1, 0.15) is 6.92 Å². The Labute approximate surface area is 59.3 Å². The lowest BCUT2D eigenvalue weighted by atomic mass is 10.1. The molecule has 0 atom stereocenters. The summed E-state index contributed by atoms with van der Waals surface area (Å²) in [4.78, 5) is 10.3. The van der Waals surface area contributed by atoms with E-state index in [0.717, 1.165) is 0 Å². The van der Waals surface area contributed by atoms with Gasteiger partial charge < -0.3 is 9.84 Å². The van der Waals surface area contributed by atoms with E-state index in [9.17, 15) is 4.79 Å². The second-order valence-corrected chi connectivity index (χ2v) is 2.45. The summed E-state index contributed by atoms with van der Waals surface area (Å²) < 4.78 is 4.88. The Balaban J connectivity index is 2.44. The van der Waals surface area contributed by atoms with E-state index < -0.39 is 5.97 Å². The lowest BCUT2D eigenvalue weighted by molar-refractivity contribution is -0.132. The van der Waals surface area contributed by atoms with E-state index >= 15 is 0 Å². The Morgan fingerprint density at radius 1 is 1.70 bits per heavy atom. The fourth-order valence-electron chi connectivity index (χ4n) is 0.775. The Morgan fingerprint density at radius 2 is 2.30 bits per heavy atom. The van der Waals surface area contributed by atoms with Gasteiger partial charge in [0, 0.05) is 11.5 Å². The SMILES string of the molecule is CC(=CC1COC1)C(=O)O. The maximum Gasteiger partial charge on any atom is 0.330 e. The lowest BCUT2D eigenvalue weighted by Gasteiger charge is -2.22. The van der Waals surface area contributed by atoms with Gasteiger partial charge in [-0.1, -0.05) is 6.08 Å². The molecule has 0 aromatic carbocycles. The van der Waals surface area contributed by atoms with E-state index in [2.05, 4.69) is 0 Å². The Hall–Kier alpha value is -0.830. The van der Waals surface area contributed by atoms with Gasteiger partial charge in [0.25, 0.3) is 0 Å². The summed E-state index contributed by atoms with van der Waals surface area (Å²) in [5.74, 6) is -0.511. The van der Waals surface area contributed by atoms with Crippen molar-refractivity contribution < 1.29 is 14.6 Å². The summed E-state index contributed by atoms with van der Waals surface area (Å²) in [7, 11) is 0. The molecule has 1 aliphatic rings. The summed E-state index contributed by atoms with van der Waals surface area (Å²) in [5.41, 5.74) is 0.410. The fourth-order valence-corrected chi connectivity index (χ4v) is 0.775. The zero-order valence-corrected chi connectivity index (χ0v) is 5.83. The Bertz CT molecular complexity index is 168. The predicted molar refractivity (Wildman–Crippen MR) is 35.7 cm³/mol. The standard InChI is InChI=1S/C7H10O3/c1-5(7(8)9)2-6-3-10-4-6/h2,6H,3-4H2,1H3,(H,8,9). The van der Waals surface area contributed by atoms with Crippen LogP contribution in [0.15, 0.2) is 11.6 Å². The summed E-state index contributed by atoms with van der Waals surface area (Å²) in [6, 6.07) is 0. The molecule has 0 saturated carbocycles. The second-order valence-electron chi connectivity index (χ2n) is 2.45. The zero-order valence-electron chi connectivity index (χ0n) is 5.83. The van der Waals surface area contributed by atoms with Crippen LogP contribution < -0.4 is 0 Å². The molecule has 0 aliphatic carbocycles. The van der Waals surface area contributed by atoms with Gasteiger partial charge in [-0.2, -0.15) is 0 Å². The predicted octanol–water partition coefficient (Wildman–Crippen LogP) is 0.664. The molecular weight excluding hydrogens is 132 g/mol. The van der Waals surface area contributed by atoms with Gasteiger partial charge in [-0.25, -0.2) is 4.79 Å². The van der Waals surface area contributed by atoms with Gasteiger partial charge in [-0.15, -0.1) is 0 Å². The van der Waals surface area contributed by atoms with Crippen LogP contribution in [0.25, 0.3) is 0 Å². The molecule has 0 amide bonds. The summed E-state index contributed by atoms with van der Waals surface area (Å²) >= 11 is 0. The summed E-state index contributed by atoms with van der Waals surface area (Å²) in [6.07, 6.45) is 1.74. The smallest absolute Gasteiger partial charge is 0.330 e. The highest BCUT2D eigenvalue weighted by Gasteiger charge is 2.16. The van der Waals surface area contributed by atoms with E-state index in [1.807, 2.05) is 0 Å². The summed E-state index contributed by atoms with van der Waals surface area (Å²) in [5, 5.41) is 8.44. The molecule has 0 spiro atoms. The molecule has 0 aromatic rings. The van der Waals surface area contributed by atoms with Crippen LogP contribution in [0.4, 0.5) is 0 Å². The molecule has 0 aromatic heterocycles. The van der Waals surface area contributed by atoms with Crippen LogP contribution in [0, 0.1) is 5.92 Å². The average molecular weight is 142 g/mol. The largest absolute Gasteiger partial charge is 0.478 e. The van der Waals surface area contributed by atoms with Crippen LogP contribution in [0.5, 0.6) is 0 Å². The van der Waals surface area contributed by atoms with Crippen LogP contribution in [-0.2, 0) is 9.53 Å². The molecule has 3 nitrogen and oxygen atoms in total. The average Bonchev–Trinajstić information content (AvgIpc) is 1.77. The number of carboxylic acid groups (broad SMARTS) is 1. The van der Waals surface area contributed by atoms with Crippen LogP contribution >= 0.6 is 0 Å². The number of carboxylic acids is 1. The first-order valence-corrected chi connectivity index (χ1v) is 3.19. The Morgan fingerprint density at radius 3 is 2.60 bits per heavy atom. The number of aliphatic carboxylic acids is 1. The number of ether oxygens (including phenoxy) is 1. The van der Waals surface area contributed by atoms with E-state index in [-0.39, 0.29) is 0 Å². The minimum atomic E-state index is -0.841. The van der Waals surface area contributed by atoms with Crippen molar-refractivity contribution in [3.05, 3.63) is 11.6 Å². The third-order valence-electron chi connectivity index (χ3n) is 1.49. The maximum atomic E-state index is 10.3. The number of hydrogen-bond donors (Lipinski definition) is 1. The van der Waals surface area contributed by atoms with E-state index in [1.165, 1.54) is 0 Å². The zero-order chi connectivity index (χ0) is 7.56. The van der Waals surface area contributed by atoms with Crippen molar-refractivity contribution in [3.8, 4) is 0 Å². The lowest BCUT2D eigenvalue weighted by Crippen LogP contribution is -2.26. The molecule has 0 unspecified atom stereocenters. The molecule has 0 radical (unpaired) electrons. The molecule has 1 heterocycles. The first-order valence-electron chi connectivity index (χ1n) is 3.19. The van der Waals surface area contributed by atoms with Crippen molar-refractivity contribution in [1.82, 2.24) is 0 Å². The minimum absolute atomic E-state index is 0.330. The molecule has 1 fully saturated rings. The molecule has 0 bridgehead atoms. The van der Waals surface area contributed by atoms with Crippen LogP contribution in [-0.4, -0.2) is 24.3 Å². The molecule has 1 rings (SSSR count). The van der Waals surface area contributed by atoms with Crippen LogP contribution in [0.3, 0.4) is 0 Å². The highest BCUT2D eigenvalue weighted by atomic mass is 16.5. The van der Waals surface area contributed by atoms with Crippen molar-refractivity contribution >= 4 is 5.97 Å². The van der Waals surface area contributed by atoms with Gasteiger partial charge in [0.05, 0.1) is 13.2 Å². The normalized spacial score (nSPS) is 20.3. The van der Waals surface area contributed by atoms with Gasteiger partial charge in [0.2, 0.25) is 0 Å². The van der Waals surface area contributed by atoms with Gasteiger partial charge in [-0.3, -0.25) is 0 Å². The molecule has 1 aliphatic heterocycles. The van der Waals surface area contributed by atoms with Crippen LogP contribution in [0.2, 0.25) is 0 Å². The van der Waals surface area contributed by atoms with Gasteiger partial charge in [0.1, 0.15) is 0 Å². The fraction of sp³-hybridized carbons (Fsp3) is 0.571. The Kier molecular flexibility index (Phi) is 2.06. The van der Waals surface area contributed by atoms with Gasteiger partial charge >= 0.3 is 5.97 Å². The van der Waals surface area contributed by atoms with Crippen molar-refractivity contribution in [2.24, 2.45) is 5.92 Å². The van der Waals surface area contributed by atoms with E-state index in [0.29, 0.717) is 24.7 Å². The highest BCUT2D eigenvalue weighted by molar-refractivity contribution is 5.85. The number of carbonyl (C=O) groups is 1. The van der Waals surface area contributed by atoms with E-state index in [1.54, 1.807) is 13.0 Å². The van der Waals surface area contributed by atoms with Gasteiger partial charge in [-0.05, 0) is 6.92 Å². The highest BCUT2D eigenvalue weighted by Crippen LogP contribution is 2.13. The second kappa shape index (κ2) is 2.84. The maximum absolute atomic E-state index is 10.3. The molecule has 10 heavy (non-hydrogen) atoms. The third-order valence-corrected chi connectivity index (χ3v) is 1.49. The molecule has 1 saturated heterocycles. The molecule has 1 N–H and O–H groups in total. The van der Waals surface area contributed by atoms with Crippen molar-refractivity contribution in [2.45, 2.75) is 6.92 Å². The monoisotopic (exact) mass is 142 g/mol. The molecule has 3 heteroatoms.